The fraction of sp³-hybridized carbons (Fsp3) is 0.0256. The van der Waals surface area contributed by atoms with Gasteiger partial charge in [-0.2, -0.15) is 0 Å². The van der Waals surface area contributed by atoms with E-state index in [1.165, 1.54) is 0 Å². The van der Waals surface area contributed by atoms with Gasteiger partial charge in [0.25, 0.3) is 5.56 Å². The highest BCUT2D eigenvalue weighted by Crippen LogP contribution is 2.56. The number of rotatable bonds is 1. The third kappa shape index (κ3) is 2.75. The molecule has 3 heteroatoms. The number of pyridine rings is 1. The summed E-state index contributed by atoms with van der Waals surface area (Å²) in [6.07, 6.45) is 0. The van der Waals surface area contributed by atoms with Crippen LogP contribution in [0.4, 0.5) is 0 Å². The topological polar surface area (TPSA) is 39.1 Å². The van der Waals surface area contributed by atoms with Crippen molar-refractivity contribution in [3.63, 3.8) is 0 Å². The highest BCUT2D eigenvalue weighted by Gasteiger charge is 2.50. The van der Waals surface area contributed by atoms with Gasteiger partial charge >= 0.3 is 0 Å². The van der Waals surface area contributed by atoms with E-state index in [1.807, 2.05) is 83.4 Å². The first kappa shape index (κ1) is 23.2. The van der Waals surface area contributed by atoms with Crippen molar-refractivity contribution < 1.29 is 4.79 Å². The van der Waals surface area contributed by atoms with Gasteiger partial charge in [-0.1, -0.05) is 121 Å². The molecule has 1 aliphatic heterocycles. The quantitative estimate of drug-likeness (QED) is 0.199. The molecule has 0 fully saturated rings. The number of ketones is 1. The Morgan fingerprint density at radius 3 is 1.79 bits per heavy atom. The Balaban J connectivity index is 1.57. The predicted octanol–water partition coefficient (Wildman–Crippen LogP) is 8.05. The molecule has 0 amide bonds. The van der Waals surface area contributed by atoms with E-state index in [0.29, 0.717) is 16.5 Å². The molecule has 7 aromatic rings. The van der Waals surface area contributed by atoms with E-state index in [9.17, 15) is 9.59 Å². The van der Waals surface area contributed by atoms with Crippen LogP contribution in [0.2, 0.25) is 0 Å². The molecular weight excluding hydrogens is 514 g/mol. The van der Waals surface area contributed by atoms with Crippen LogP contribution in [0.15, 0.2) is 144 Å². The van der Waals surface area contributed by atoms with E-state index >= 15 is 0 Å². The van der Waals surface area contributed by atoms with E-state index in [0.717, 1.165) is 55.4 Å². The second-order valence-corrected chi connectivity index (χ2v) is 11.2. The lowest BCUT2D eigenvalue weighted by molar-refractivity contribution is 0.103. The number of hydrogen-bond donors (Lipinski definition) is 0. The zero-order valence-electron chi connectivity index (χ0n) is 22.5. The Morgan fingerprint density at radius 2 is 1.05 bits per heavy atom. The van der Waals surface area contributed by atoms with E-state index in [-0.39, 0.29) is 11.3 Å². The summed E-state index contributed by atoms with van der Waals surface area (Å²) in [4.78, 5) is 28.4. The molecule has 9 rings (SSSR count). The molecule has 1 spiro atoms. The van der Waals surface area contributed by atoms with E-state index in [4.69, 9.17) is 0 Å². The Bertz CT molecular complexity index is 2300. The second-order valence-electron chi connectivity index (χ2n) is 11.2. The number of hydrogen-bond acceptors (Lipinski definition) is 2. The molecule has 1 aliphatic carbocycles. The van der Waals surface area contributed by atoms with E-state index < -0.39 is 5.41 Å². The zero-order chi connectivity index (χ0) is 28.0. The first-order chi connectivity index (χ1) is 20.7. The van der Waals surface area contributed by atoms with Gasteiger partial charge < -0.3 is 0 Å². The van der Waals surface area contributed by atoms with Crippen LogP contribution in [0.5, 0.6) is 0 Å². The SMILES string of the molecule is O=C1c2ccccc2C2(c3ccccc31)c1cc(-c3ccccc3)ccc1-n1c(=O)c3ccccc3c3cccc2c31. The highest BCUT2D eigenvalue weighted by molar-refractivity contribution is 6.15. The van der Waals surface area contributed by atoms with Crippen LogP contribution >= 0.6 is 0 Å². The monoisotopic (exact) mass is 537 g/mol. The summed E-state index contributed by atoms with van der Waals surface area (Å²) in [6, 6.07) is 47.0. The summed E-state index contributed by atoms with van der Waals surface area (Å²) in [5.41, 5.74) is 8.32. The average molecular weight is 538 g/mol. The molecule has 3 nitrogen and oxygen atoms in total. The molecule has 0 N–H and O–H groups in total. The smallest absolute Gasteiger partial charge is 0.263 e. The number of aromatic nitrogens is 1. The molecule has 2 aliphatic rings. The van der Waals surface area contributed by atoms with Crippen LogP contribution in [0.25, 0.3) is 38.5 Å². The summed E-state index contributed by atoms with van der Waals surface area (Å²) < 4.78 is 1.91. The first-order valence-corrected chi connectivity index (χ1v) is 14.2. The lowest BCUT2D eigenvalue weighted by atomic mass is 9.57. The molecule has 196 valence electrons. The van der Waals surface area contributed by atoms with Crippen molar-refractivity contribution in [1.82, 2.24) is 4.57 Å². The van der Waals surface area contributed by atoms with Crippen molar-refractivity contribution in [3.8, 4) is 16.8 Å². The zero-order valence-corrected chi connectivity index (χ0v) is 22.5. The minimum Gasteiger partial charge on any atom is -0.289 e. The van der Waals surface area contributed by atoms with Crippen LogP contribution in [-0.2, 0) is 5.41 Å². The maximum absolute atomic E-state index is 14.4. The molecular formula is C39H23NO2. The molecule has 2 heterocycles. The fourth-order valence-corrected chi connectivity index (χ4v) is 7.53. The van der Waals surface area contributed by atoms with Gasteiger partial charge in [-0.15, -0.1) is 0 Å². The van der Waals surface area contributed by atoms with Crippen molar-refractivity contribution in [2.45, 2.75) is 5.41 Å². The molecule has 0 atom stereocenters. The van der Waals surface area contributed by atoms with Crippen LogP contribution < -0.4 is 5.56 Å². The summed E-state index contributed by atoms with van der Waals surface area (Å²) in [5.74, 6) is 0.0289. The van der Waals surface area contributed by atoms with Gasteiger partial charge in [0.1, 0.15) is 0 Å². The van der Waals surface area contributed by atoms with E-state index in [1.54, 1.807) is 0 Å². The number of para-hydroxylation sites is 1. The molecule has 0 radical (unpaired) electrons. The summed E-state index contributed by atoms with van der Waals surface area (Å²) in [5, 5.41) is 2.64. The first-order valence-electron chi connectivity index (χ1n) is 14.2. The van der Waals surface area contributed by atoms with Crippen LogP contribution in [0.3, 0.4) is 0 Å². The number of carbonyl (C=O) groups excluding carboxylic acids is 1. The average Bonchev–Trinajstić information content (AvgIpc) is 3.06. The minimum absolute atomic E-state index is 0.0289. The molecule has 0 saturated heterocycles. The van der Waals surface area contributed by atoms with Crippen LogP contribution in [-0.4, -0.2) is 10.4 Å². The normalized spacial score (nSPS) is 14.0. The van der Waals surface area contributed by atoms with E-state index in [2.05, 4.69) is 60.7 Å². The van der Waals surface area contributed by atoms with Crippen molar-refractivity contribution in [2.24, 2.45) is 0 Å². The van der Waals surface area contributed by atoms with Gasteiger partial charge in [-0.05, 0) is 57.0 Å². The Morgan fingerprint density at radius 1 is 0.452 bits per heavy atom. The largest absolute Gasteiger partial charge is 0.289 e. The van der Waals surface area contributed by atoms with Gasteiger partial charge in [0.2, 0.25) is 0 Å². The van der Waals surface area contributed by atoms with Crippen molar-refractivity contribution in [3.05, 3.63) is 183 Å². The molecule has 6 aromatic carbocycles. The van der Waals surface area contributed by atoms with Gasteiger partial charge in [-0.3, -0.25) is 14.2 Å². The minimum atomic E-state index is -0.810. The molecule has 42 heavy (non-hydrogen) atoms. The summed E-state index contributed by atoms with van der Waals surface area (Å²) in [6.45, 7) is 0. The summed E-state index contributed by atoms with van der Waals surface area (Å²) in [7, 11) is 0. The number of nitrogens with zero attached hydrogens (tertiary/aromatic N) is 1. The maximum atomic E-state index is 14.4. The number of benzene rings is 6. The highest BCUT2D eigenvalue weighted by atomic mass is 16.1. The Labute approximate surface area is 241 Å². The van der Waals surface area contributed by atoms with Crippen molar-refractivity contribution >= 4 is 27.5 Å². The Kier molecular flexibility index (Phi) is 4.55. The molecule has 1 aromatic heterocycles. The van der Waals surface area contributed by atoms with Crippen molar-refractivity contribution in [2.75, 3.05) is 0 Å². The lowest BCUT2D eigenvalue weighted by Gasteiger charge is -2.45. The maximum Gasteiger partial charge on any atom is 0.263 e. The number of fused-ring (bicyclic) bond motifs is 10. The Hall–Kier alpha value is -5.54. The second kappa shape index (κ2) is 8.25. The fourth-order valence-electron chi connectivity index (χ4n) is 7.53. The van der Waals surface area contributed by atoms with Gasteiger partial charge in [-0.25, -0.2) is 0 Å². The standard InChI is InChI=1S/C39H23NO2/c41-37-29-15-6-8-18-31(29)39(32-19-9-7-16-30(32)37)33-20-10-17-27-26-13-4-5-14-28(26)38(42)40(36(27)33)35-22-21-25(23-34(35)39)24-11-2-1-3-12-24/h1-23H. The molecule has 0 unspecified atom stereocenters. The third-order valence-electron chi connectivity index (χ3n) is 9.21. The molecule has 0 bridgehead atoms. The van der Waals surface area contributed by atoms with Gasteiger partial charge in [0, 0.05) is 21.9 Å². The van der Waals surface area contributed by atoms with Crippen molar-refractivity contribution in [1.29, 1.82) is 0 Å². The van der Waals surface area contributed by atoms with Crippen LogP contribution in [0, 0.1) is 0 Å². The number of carbonyl (C=O) groups is 1. The van der Waals surface area contributed by atoms with Gasteiger partial charge in [0.05, 0.1) is 16.6 Å². The van der Waals surface area contributed by atoms with Gasteiger partial charge in [0.15, 0.2) is 5.78 Å². The van der Waals surface area contributed by atoms with Crippen LogP contribution in [0.1, 0.15) is 38.2 Å². The summed E-state index contributed by atoms with van der Waals surface area (Å²) >= 11 is 0. The third-order valence-corrected chi connectivity index (χ3v) is 9.21. The predicted molar refractivity (Wildman–Crippen MR) is 168 cm³/mol. The molecule has 0 saturated carbocycles. The lowest BCUT2D eigenvalue weighted by Crippen LogP contribution is -2.42.